The highest BCUT2D eigenvalue weighted by Crippen LogP contribution is 2.21. The molecule has 0 unspecified atom stereocenters. The van der Waals surface area contributed by atoms with Crippen LogP contribution in [0.4, 0.5) is 5.13 Å². The van der Waals surface area contributed by atoms with Gasteiger partial charge in [-0.3, -0.25) is 4.79 Å². The molecule has 0 aromatic carbocycles. The van der Waals surface area contributed by atoms with Crippen LogP contribution in [-0.2, 0) is 6.42 Å². The number of carbonyl (C=O) groups is 1. The van der Waals surface area contributed by atoms with Crippen molar-refractivity contribution < 1.29 is 4.79 Å². The number of aromatic nitrogens is 1. The van der Waals surface area contributed by atoms with E-state index in [2.05, 4.69) is 11.1 Å². The molecule has 0 saturated carbocycles. The molecule has 6 heteroatoms. The van der Waals surface area contributed by atoms with Crippen molar-refractivity contribution in [3.05, 3.63) is 33.0 Å². The zero-order valence-electron chi connectivity index (χ0n) is 10.3. The Kier molecular flexibility index (Phi) is 3.98. The molecule has 2 aromatic rings. The lowest BCUT2D eigenvalue weighted by molar-refractivity contribution is 0.0800. The number of hydrogen-bond acceptors (Lipinski definition) is 5. The van der Waals surface area contributed by atoms with Crippen molar-refractivity contribution in [1.82, 2.24) is 9.88 Å². The molecule has 18 heavy (non-hydrogen) atoms. The van der Waals surface area contributed by atoms with Gasteiger partial charge in [0.2, 0.25) is 0 Å². The Labute approximate surface area is 114 Å². The molecule has 96 valence electrons. The maximum Gasteiger partial charge on any atom is 0.265 e. The second kappa shape index (κ2) is 5.49. The topological polar surface area (TPSA) is 59.2 Å². The van der Waals surface area contributed by atoms with Crippen molar-refractivity contribution in [2.75, 3.05) is 19.3 Å². The minimum atomic E-state index is -0.00161. The number of nitrogens with zero attached hydrogens (tertiary/aromatic N) is 2. The first kappa shape index (κ1) is 13.0. The van der Waals surface area contributed by atoms with E-state index in [0.717, 1.165) is 6.42 Å². The molecule has 0 fully saturated rings. The summed E-state index contributed by atoms with van der Waals surface area (Å²) in [6, 6.07) is 4.11. The summed E-state index contributed by atoms with van der Waals surface area (Å²) in [6.45, 7) is 2.52. The van der Waals surface area contributed by atoms with E-state index in [1.807, 2.05) is 25.4 Å². The maximum absolute atomic E-state index is 12.2. The summed E-state index contributed by atoms with van der Waals surface area (Å²) in [4.78, 5) is 19.9. The number of nitrogen functional groups attached to an aromatic ring is 1. The van der Waals surface area contributed by atoms with Crippen LogP contribution >= 0.6 is 22.7 Å². The molecule has 0 bridgehead atoms. The lowest BCUT2D eigenvalue weighted by Crippen LogP contribution is -2.28. The summed E-state index contributed by atoms with van der Waals surface area (Å²) in [5.41, 5.74) is 6.32. The molecular weight excluding hydrogens is 266 g/mol. The van der Waals surface area contributed by atoms with Crippen molar-refractivity contribution in [2.24, 2.45) is 0 Å². The van der Waals surface area contributed by atoms with Crippen molar-refractivity contribution >= 4 is 33.7 Å². The normalized spacial score (nSPS) is 10.6. The van der Waals surface area contributed by atoms with Crippen LogP contribution in [0.3, 0.4) is 0 Å². The summed E-state index contributed by atoms with van der Waals surface area (Å²) >= 11 is 2.96. The van der Waals surface area contributed by atoms with Crippen molar-refractivity contribution in [1.29, 1.82) is 0 Å². The zero-order valence-corrected chi connectivity index (χ0v) is 12.0. The SMILES string of the molecule is Cc1nc(N)sc1C(=O)N(C)CCc1cccs1. The third kappa shape index (κ3) is 2.88. The summed E-state index contributed by atoms with van der Waals surface area (Å²) < 4.78 is 0. The fourth-order valence-corrected chi connectivity index (χ4v) is 3.15. The van der Waals surface area contributed by atoms with Crippen LogP contribution in [0.5, 0.6) is 0 Å². The van der Waals surface area contributed by atoms with Gasteiger partial charge in [0.05, 0.1) is 5.69 Å². The minimum Gasteiger partial charge on any atom is -0.375 e. The van der Waals surface area contributed by atoms with E-state index in [1.165, 1.54) is 16.2 Å². The minimum absolute atomic E-state index is 0.00161. The third-order valence-electron chi connectivity index (χ3n) is 2.63. The van der Waals surface area contributed by atoms with Gasteiger partial charge in [-0.2, -0.15) is 0 Å². The molecule has 2 heterocycles. The first-order valence-electron chi connectivity index (χ1n) is 5.58. The predicted molar refractivity (Wildman–Crippen MR) is 76.2 cm³/mol. The molecule has 0 saturated heterocycles. The summed E-state index contributed by atoms with van der Waals surface area (Å²) in [5.74, 6) is -0.00161. The highest BCUT2D eigenvalue weighted by molar-refractivity contribution is 7.17. The molecule has 0 radical (unpaired) electrons. The largest absolute Gasteiger partial charge is 0.375 e. The van der Waals surface area contributed by atoms with Crippen LogP contribution in [0.25, 0.3) is 0 Å². The van der Waals surface area contributed by atoms with E-state index in [1.54, 1.807) is 16.2 Å². The fourth-order valence-electron chi connectivity index (χ4n) is 1.62. The van der Waals surface area contributed by atoms with Gasteiger partial charge in [0, 0.05) is 18.5 Å². The van der Waals surface area contributed by atoms with Crippen LogP contribution < -0.4 is 5.73 Å². The van der Waals surface area contributed by atoms with E-state index in [0.29, 0.717) is 22.2 Å². The lowest BCUT2D eigenvalue weighted by atomic mass is 10.3. The van der Waals surface area contributed by atoms with Gasteiger partial charge in [-0.15, -0.1) is 11.3 Å². The van der Waals surface area contributed by atoms with E-state index in [-0.39, 0.29) is 5.91 Å². The number of thiophene rings is 1. The average Bonchev–Trinajstić information content (AvgIpc) is 2.94. The Morgan fingerprint density at radius 1 is 1.56 bits per heavy atom. The van der Waals surface area contributed by atoms with Gasteiger partial charge < -0.3 is 10.6 Å². The number of likely N-dealkylation sites (N-methyl/N-ethyl adjacent to an activating group) is 1. The number of hydrogen-bond donors (Lipinski definition) is 1. The van der Waals surface area contributed by atoms with E-state index < -0.39 is 0 Å². The van der Waals surface area contributed by atoms with Gasteiger partial charge in [0.15, 0.2) is 5.13 Å². The van der Waals surface area contributed by atoms with Gasteiger partial charge in [-0.05, 0) is 24.8 Å². The van der Waals surface area contributed by atoms with E-state index in [9.17, 15) is 4.79 Å². The predicted octanol–water partition coefficient (Wildman–Crippen LogP) is 2.41. The molecule has 0 spiro atoms. The highest BCUT2D eigenvalue weighted by Gasteiger charge is 2.18. The smallest absolute Gasteiger partial charge is 0.265 e. The number of amides is 1. The summed E-state index contributed by atoms with van der Waals surface area (Å²) in [7, 11) is 1.81. The van der Waals surface area contributed by atoms with Gasteiger partial charge in [-0.25, -0.2) is 4.98 Å². The molecule has 0 atom stereocenters. The molecule has 2 N–H and O–H groups in total. The summed E-state index contributed by atoms with van der Waals surface area (Å²) in [6.07, 6.45) is 0.882. The molecule has 1 amide bonds. The van der Waals surface area contributed by atoms with Crippen LogP contribution in [-0.4, -0.2) is 29.4 Å². The zero-order chi connectivity index (χ0) is 13.1. The summed E-state index contributed by atoms with van der Waals surface area (Å²) in [5, 5.41) is 2.49. The Balaban J connectivity index is 1.98. The Morgan fingerprint density at radius 3 is 2.89 bits per heavy atom. The van der Waals surface area contributed by atoms with Gasteiger partial charge in [0.1, 0.15) is 4.88 Å². The van der Waals surface area contributed by atoms with Crippen molar-refractivity contribution in [3.8, 4) is 0 Å². The molecule has 0 aliphatic rings. The quantitative estimate of drug-likeness (QED) is 0.936. The third-order valence-corrected chi connectivity index (χ3v) is 4.54. The Bertz CT molecular complexity index is 534. The molecule has 2 rings (SSSR count). The molecule has 0 aliphatic carbocycles. The molecular formula is C12H15N3OS2. The number of rotatable bonds is 4. The van der Waals surface area contributed by atoms with E-state index in [4.69, 9.17) is 5.73 Å². The van der Waals surface area contributed by atoms with Gasteiger partial charge in [0.25, 0.3) is 5.91 Å². The second-order valence-electron chi connectivity index (χ2n) is 4.02. The highest BCUT2D eigenvalue weighted by atomic mass is 32.1. The number of carbonyl (C=O) groups excluding carboxylic acids is 1. The second-order valence-corrected chi connectivity index (χ2v) is 6.09. The Hall–Kier alpha value is -1.40. The van der Waals surface area contributed by atoms with Crippen LogP contribution in [0.1, 0.15) is 20.2 Å². The van der Waals surface area contributed by atoms with Crippen LogP contribution in [0.15, 0.2) is 17.5 Å². The van der Waals surface area contributed by atoms with Gasteiger partial charge >= 0.3 is 0 Å². The van der Waals surface area contributed by atoms with Gasteiger partial charge in [-0.1, -0.05) is 17.4 Å². The van der Waals surface area contributed by atoms with E-state index >= 15 is 0 Å². The standard InChI is InChI=1S/C12H15N3OS2/c1-8-10(18-12(13)14-8)11(16)15(2)6-5-9-4-3-7-17-9/h3-4,7H,5-6H2,1-2H3,(H2,13,14). The number of thiazole rings is 1. The van der Waals surface area contributed by atoms with Crippen LogP contribution in [0.2, 0.25) is 0 Å². The number of aryl methyl sites for hydroxylation is 1. The number of nitrogens with two attached hydrogens (primary N) is 1. The number of anilines is 1. The lowest BCUT2D eigenvalue weighted by Gasteiger charge is -2.15. The molecule has 0 aliphatic heterocycles. The maximum atomic E-state index is 12.2. The Morgan fingerprint density at radius 2 is 2.33 bits per heavy atom. The molecule has 4 nitrogen and oxygen atoms in total. The molecule has 2 aromatic heterocycles. The first-order chi connectivity index (χ1) is 8.58. The van der Waals surface area contributed by atoms with Crippen molar-refractivity contribution in [3.63, 3.8) is 0 Å². The fraction of sp³-hybridized carbons (Fsp3) is 0.333. The first-order valence-corrected chi connectivity index (χ1v) is 7.28. The monoisotopic (exact) mass is 281 g/mol. The average molecular weight is 281 g/mol. The van der Waals surface area contributed by atoms with Crippen molar-refractivity contribution in [2.45, 2.75) is 13.3 Å². The van der Waals surface area contributed by atoms with Crippen LogP contribution in [0, 0.1) is 6.92 Å².